The number of likely N-dealkylation sites (tertiary alicyclic amines) is 1. The van der Waals surface area contributed by atoms with Gasteiger partial charge in [0.25, 0.3) is 0 Å². The van der Waals surface area contributed by atoms with E-state index >= 15 is 0 Å². The van der Waals surface area contributed by atoms with Crippen molar-refractivity contribution in [1.82, 2.24) is 9.88 Å². The first-order chi connectivity index (χ1) is 12.7. The minimum absolute atomic E-state index is 0.0114. The lowest BCUT2D eigenvalue weighted by Crippen LogP contribution is -2.39. The summed E-state index contributed by atoms with van der Waals surface area (Å²) in [5.74, 6) is 0.418. The van der Waals surface area contributed by atoms with E-state index in [4.69, 9.17) is 16.6 Å². The molecule has 0 aliphatic carbocycles. The third kappa shape index (κ3) is 4.06. The molecule has 1 aliphatic rings. The number of amides is 1. The van der Waals surface area contributed by atoms with Crippen molar-refractivity contribution in [1.29, 1.82) is 0 Å². The number of thiazole rings is 1. The van der Waals surface area contributed by atoms with E-state index in [0.29, 0.717) is 17.5 Å². The van der Waals surface area contributed by atoms with Crippen LogP contribution in [-0.2, 0) is 4.79 Å². The molecule has 134 valence electrons. The molecule has 4 nitrogen and oxygen atoms in total. The average Bonchev–Trinajstić information content (AvgIpc) is 3.08. The fourth-order valence-corrected chi connectivity index (χ4v) is 4.62. The van der Waals surface area contributed by atoms with Crippen molar-refractivity contribution in [3.05, 3.63) is 58.6 Å². The summed E-state index contributed by atoms with van der Waals surface area (Å²) in [7, 11) is 0. The first kappa shape index (κ1) is 17.5. The van der Waals surface area contributed by atoms with E-state index in [1.165, 1.54) is 9.71 Å². The van der Waals surface area contributed by atoms with E-state index < -0.39 is 0 Å². The van der Waals surface area contributed by atoms with Gasteiger partial charge >= 0.3 is 0 Å². The van der Waals surface area contributed by atoms with Crippen LogP contribution in [0.2, 0.25) is 5.02 Å². The Balaban J connectivity index is 1.38. The third-order valence-electron chi connectivity index (χ3n) is 4.66. The summed E-state index contributed by atoms with van der Waals surface area (Å²) in [5, 5.41) is 4.79. The van der Waals surface area contributed by atoms with Gasteiger partial charge in [0.1, 0.15) is 0 Å². The molecule has 1 aliphatic heterocycles. The smallest absolute Gasteiger partial charge is 0.238 e. The Morgan fingerprint density at radius 1 is 1.23 bits per heavy atom. The van der Waals surface area contributed by atoms with Crippen molar-refractivity contribution in [2.45, 2.75) is 18.8 Å². The van der Waals surface area contributed by atoms with Gasteiger partial charge < -0.3 is 5.32 Å². The zero-order valence-corrected chi connectivity index (χ0v) is 15.9. The molecule has 1 fully saturated rings. The number of benzene rings is 2. The molecule has 1 N–H and O–H groups in total. The molecule has 3 aromatic rings. The van der Waals surface area contributed by atoms with Gasteiger partial charge in [0.2, 0.25) is 5.91 Å². The molecule has 2 aromatic carbocycles. The quantitative estimate of drug-likeness (QED) is 0.703. The normalized spacial score (nSPS) is 18.1. The molecule has 1 aromatic heterocycles. The fourth-order valence-electron chi connectivity index (χ4n) is 3.40. The first-order valence-electron chi connectivity index (χ1n) is 8.80. The van der Waals surface area contributed by atoms with E-state index in [1.54, 1.807) is 23.5 Å². The summed E-state index contributed by atoms with van der Waals surface area (Å²) in [6.07, 6.45) is 2.23. The van der Waals surface area contributed by atoms with E-state index in [2.05, 4.69) is 28.4 Å². The number of rotatable bonds is 4. The monoisotopic (exact) mass is 385 g/mol. The molecule has 26 heavy (non-hydrogen) atoms. The molecule has 0 radical (unpaired) electrons. The largest absolute Gasteiger partial charge is 0.325 e. The zero-order chi connectivity index (χ0) is 17.9. The van der Waals surface area contributed by atoms with Crippen molar-refractivity contribution < 1.29 is 4.79 Å². The Hall–Kier alpha value is -1.95. The van der Waals surface area contributed by atoms with Crippen LogP contribution in [0.15, 0.2) is 48.5 Å². The van der Waals surface area contributed by atoms with Crippen LogP contribution in [0.5, 0.6) is 0 Å². The summed E-state index contributed by atoms with van der Waals surface area (Å²) < 4.78 is 1.24. The Bertz CT molecular complexity index is 876. The highest BCUT2D eigenvalue weighted by Gasteiger charge is 2.25. The predicted octanol–water partition coefficient (Wildman–Crippen LogP) is 4.77. The highest BCUT2D eigenvalue weighted by atomic mass is 35.5. The number of carbonyl (C=O) groups is 1. The van der Waals surface area contributed by atoms with E-state index in [0.717, 1.165) is 37.1 Å². The standard InChI is InChI=1S/C20H20ClN3OS/c21-15-7-9-16(10-8-15)22-19(25)13-24-11-3-4-14(12-24)20-23-17-5-1-2-6-18(17)26-20/h1-2,5-10,14H,3-4,11-13H2,(H,22,25)/t14-/m1/s1. The number of nitrogens with zero attached hydrogens (tertiary/aromatic N) is 2. The molecule has 0 saturated carbocycles. The SMILES string of the molecule is O=C(CN1CCC[C@@H](c2nc3ccccc3s2)C1)Nc1ccc(Cl)cc1. The molecule has 0 unspecified atom stereocenters. The summed E-state index contributed by atoms with van der Waals surface area (Å²) in [6.45, 7) is 2.24. The molecular weight excluding hydrogens is 366 g/mol. The van der Waals surface area contributed by atoms with Crippen LogP contribution in [0, 0.1) is 0 Å². The number of hydrogen-bond donors (Lipinski definition) is 1. The number of fused-ring (bicyclic) bond motifs is 1. The van der Waals surface area contributed by atoms with Crippen LogP contribution < -0.4 is 5.32 Å². The second-order valence-corrected chi connectivity index (χ2v) is 8.15. The number of halogens is 1. The first-order valence-corrected chi connectivity index (χ1v) is 10.00. The molecule has 0 spiro atoms. The number of hydrogen-bond acceptors (Lipinski definition) is 4. The van der Waals surface area contributed by atoms with Gasteiger partial charge in [-0.2, -0.15) is 0 Å². The number of aromatic nitrogens is 1. The van der Waals surface area contributed by atoms with Gasteiger partial charge in [0.15, 0.2) is 0 Å². The van der Waals surface area contributed by atoms with Crippen LogP contribution in [0.1, 0.15) is 23.8 Å². The second kappa shape index (κ2) is 7.74. The summed E-state index contributed by atoms with van der Waals surface area (Å²) in [5.41, 5.74) is 1.85. The Kier molecular flexibility index (Phi) is 5.20. The molecular formula is C20H20ClN3OS. The van der Waals surface area contributed by atoms with Crippen molar-refractivity contribution in [3.63, 3.8) is 0 Å². The minimum Gasteiger partial charge on any atom is -0.325 e. The van der Waals surface area contributed by atoms with Gasteiger partial charge in [-0.15, -0.1) is 11.3 Å². The molecule has 1 saturated heterocycles. The van der Waals surface area contributed by atoms with Crippen molar-refractivity contribution in [2.75, 3.05) is 25.0 Å². The minimum atomic E-state index is 0.0114. The Morgan fingerprint density at radius 3 is 2.85 bits per heavy atom. The number of carbonyl (C=O) groups excluding carboxylic acids is 1. The molecule has 4 rings (SSSR count). The summed E-state index contributed by atoms with van der Waals surface area (Å²) in [4.78, 5) is 19.4. The lowest BCUT2D eigenvalue weighted by atomic mass is 9.99. The lowest BCUT2D eigenvalue weighted by Gasteiger charge is -2.31. The maximum absolute atomic E-state index is 12.4. The van der Waals surface area contributed by atoms with Crippen LogP contribution in [0.3, 0.4) is 0 Å². The molecule has 1 atom stereocenters. The molecule has 1 amide bonds. The topological polar surface area (TPSA) is 45.2 Å². The zero-order valence-electron chi connectivity index (χ0n) is 14.3. The lowest BCUT2D eigenvalue weighted by molar-refractivity contribution is -0.117. The second-order valence-electron chi connectivity index (χ2n) is 6.65. The van der Waals surface area contributed by atoms with Crippen LogP contribution in [-0.4, -0.2) is 35.4 Å². The molecule has 6 heteroatoms. The number of anilines is 1. The third-order valence-corrected chi connectivity index (χ3v) is 6.11. The summed E-state index contributed by atoms with van der Waals surface area (Å²) in [6, 6.07) is 15.5. The van der Waals surface area contributed by atoms with Crippen LogP contribution >= 0.6 is 22.9 Å². The van der Waals surface area contributed by atoms with E-state index in [9.17, 15) is 4.79 Å². The Labute approximate surface area is 161 Å². The van der Waals surface area contributed by atoms with Gasteiger partial charge in [0, 0.05) is 23.2 Å². The maximum Gasteiger partial charge on any atom is 0.238 e. The predicted molar refractivity (Wildman–Crippen MR) is 108 cm³/mol. The Morgan fingerprint density at radius 2 is 2.04 bits per heavy atom. The molecule has 0 bridgehead atoms. The fraction of sp³-hybridized carbons (Fsp3) is 0.300. The van der Waals surface area contributed by atoms with Gasteiger partial charge in [-0.3, -0.25) is 9.69 Å². The van der Waals surface area contributed by atoms with Crippen molar-refractivity contribution in [2.24, 2.45) is 0 Å². The van der Waals surface area contributed by atoms with E-state index in [1.807, 2.05) is 18.2 Å². The van der Waals surface area contributed by atoms with Gasteiger partial charge in [-0.1, -0.05) is 23.7 Å². The number of piperidine rings is 1. The van der Waals surface area contributed by atoms with Gasteiger partial charge in [-0.25, -0.2) is 4.98 Å². The average molecular weight is 386 g/mol. The highest BCUT2D eigenvalue weighted by molar-refractivity contribution is 7.18. The van der Waals surface area contributed by atoms with Crippen LogP contribution in [0.4, 0.5) is 5.69 Å². The van der Waals surface area contributed by atoms with Gasteiger partial charge in [-0.05, 0) is 55.8 Å². The number of para-hydroxylation sites is 1. The van der Waals surface area contributed by atoms with Gasteiger partial charge in [0.05, 0.1) is 21.8 Å². The van der Waals surface area contributed by atoms with Crippen LogP contribution in [0.25, 0.3) is 10.2 Å². The van der Waals surface area contributed by atoms with E-state index in [-0.39, 0.29) is 5.91 Å². The molecule has 2 heterocycles. The summed E-state index contributed by atoms with van der Waals surface area (Å²) >= 11 is 7.66. The maximum atomic E-state index is 12.4. The highest BCUT2D eigenvalue weighted by Crippen LogP contribution is 2.32. The number of nitrogens with one attached hydrogen (secondary N) is 1. The van der Waals surface area contributed by atoms with Crippen molar-refractivity contribution >= 4 is 44.7 Å². The van der Waals surface area contributed by atoms with Crippen molar-refractivity contribution in [3.8, 4) is 0 Å².